The smallest absolute Gasteiger partial charge is 0.343 e. The number of fused-ring (bicyclic) bond motifs is 1. The molecule has 6 nitrogen and oxygen atoms in total. The van der Waals surface area contributed by atoms with E-state index in [0.29, 0.717) is 16.9 Å². The minimum Gasteiger partial charge on any atom is -0.494 e. The predicted octanol–water partition coefficient (Wildman–Crippen LogP) is 4.57. The van der Waals surface area contributed by atoms with Gasteiger partial charge in [0.2, 0.25) is 5.88 Å². The van der Waals surface area contributed by atoms with Gasteiger partial charge in [-0.1, -0.05) is 42.5 Å². The molecule has 2 heterocycles. The Balaban J connectivity index is 1.85. The molecule has 0 saturated heterocycles. The quantitative estimate of drug-likeness (QED) is 0.512. The van der Waals surface area contributed by atoms with E-state index in [0.717, 1.165) is 26.9 Å². The summed E-state index contributed by atoms with van der Waals surface area (Å²) >= 11 is 0. The molecule has 0 spiro atoms. The lowest BCUT2D eigenvalue weighted by Crippen LogP contribution is -2.39. The first-order chi connectivity index (χ1) is 15.9. The van der Waals surface area contributed by atoms with Crippen molar-refractivity contribution in [2.45, 2.75) is 13.8 Å². The van der Waals surface area contributed by atoms with Gasteiger partial charge in [-0.25, -0.2) is 13.9 Å². The number of hydrogen-bond acceptors (Lipinski definition) is 4. The molecule has 33 heavy (non-hydrogen) atoms. The fraction of sp³-hybridized carbons (Fsp3) is 0.0741. The maximum Gasteiger partial charge on any atom is 0.343 e. The number of aliphatic imine (C=N–C) groups is 1. The number of aromatic nitrogens is 2. The number of para-hydroxylation sites is 1. The molecule has 0 atom stereocenters. The van der Waals surface area contributed by atoms with Crippen molar-refractivity contribution >= 4 is 23.6 Å². The highest BCUT2D eigenvalue weighted by Crippen LogP contribution is 2.33. The molecule has 0 radical (unpaired) electrons. The summed E-state index contributed by atoms with van der Waals surface area (Å²) < 4.78 is 2.26. The average molecular weight is 435 g/mol. The molecule has 0 fully saturated rings. The molecule has 1 aromatic heterocycles. The van der Waals surface area contributed by atoms with Crippen LogP contribution in [0.3, 0.4) is 0 Å². The van der Waals surface area contributed by atoms with Gasteiger partial charge in [0.25, 0.3) is 5.56 Å². The summed E-state index contributed by atoms with van der Waals surface area (Å²) in [4.78, 5) is 31.5. The summed E-state index contributed by atoms with van der Waals surface area (Å²) in [6.07, 6.45) is 3.24. The summed E-state index contributed by atoms with van der Waals surface area (Å²) in [5.41, 5.74) is 3.83. The molecule has 0 unspecified atom stereocenters. The van der Waals surface area contributed by atoms with Crippen LogP contribution in [0.2, 0.25) is 0 Å². The van der Waals surface area contributed by atoms with Crippen molar-refractivity contribution < 1.29 is 5.11 Å². The van der Waals surface area contributed by atoms with Crippen LogP contribution in [0.1, 0.15) is 22.3 Å². The van der Waals surface area contributed by atoms with Crippen molar-refractivity contribution in [3.05, 3.63) is 116 Å². The van der Waals surface area contributed by atoms with E-state index in [-0.39, 0.29) is 5.56 Å². The van der Waals surface area contributed by atoms with Crippen LogP contribution in [-0.4, -0.2) is 20.5 Å². The van der Waals surface area contributed by atoms with E-state index in [2.05, 4.69) is 4.99 Å². The zero-order valence-electron chi connectivity index (χ0n) is 18.2. The number of aromatic hydroxyl groups is 1. The number of aryl methyl sites for hydroxylation is 2. The van der Waals surface area contributed by atoms with E-state index in [4.69, 9.17) is 0 Å². The Hall–Kier alpha value is -4.45. The van der Waals surface area contributed by atoms with E-state index in [1.807, 2.05) is 50.2 Å². The second-order valence-electron chi connectivity index (χ2n) is 8.05. The molecular formula is C27H21N3O3. The molecule has 3 aromatic carbocycles. The van der Waals surface area contributed by atoms with Gasteiger partial charge in [0, 0.05) is 17.4 Å². The third kappa shape index (κ3) is 3.51. The van der Waals surface area contributed by atoms with E-state index in [1.165, 1.54) is 4.57 Å². The molecule has 5 rings (SSSR count). The largest absolute Gasteiger partial charge is 0.494 e. The Labute approximate surface area is 190 Å². The Morgan fingerprint density at radius 3 is 2.12 bits per heavy atom. The van der Waals surface area contributed by atoms with Crippen LogP contribution in [0.15, 0.2) is 87.4 Å². The minimum atomic E-state index is -0.642. The lowest BCUT2D eigenvalue weighted by molar-refractivity contribution is 0.426. The Kier molecular flexibility index (Phi) is 4.90. The van der Waals surface area contributed by atoms with Crippen LogP contribution < -0.4 is 11.2 Å². The highest BCUT2D eigenvalue weighted by atomic mass is 16.3. The van der Waals surface area contributed by atoms with Crippen molar-refractivity contribution in [3.63, 3.8) is 0 Å². The predicted molar refractivity (Wildman–Crippen MR) is 131 cm³/mol. The molecule has 4 aromatic rings. The molecule has 1 N–H and O–H groups in total. The fourth-order valence-corrected chi connectivity index (χ4v) is 4.04. The van der Waals surface area contributed by atoms with Crippen LogP contribution in [-0.2, 0) is 0 Å². The average Bonchev–Trinajstić information content (AvgIpc) is 3.20. The van der Waals surface area contributed by atoms with Crippen molar-refractivity contribution in [1.29, 1.82) is 0 Å². The van der Waals surface area contributed by atoms with Gasteiger partial charge in [-0.2, -0.15) is 0 Å². The Bertz CT molecular complexity index is 1590. The standard InChI is InChI=1S/C27H21N3O3/c1-17-7-5-9-20(13-17)29-25(31)23(15-19-16-28-24-12-4-3-11-22(19)24)26(32)30(27(29)33)21-10-6-8-18(2)14-21/h3-16,31H,1-2H3/b19-15+. The monoisotopic (exact) mass is 435 g/mol. The fourth-order valence-electron chi connectivity index (χ4n) is 4.04. The summed E-state index contributed by atoms with van der Waals surface area (Å²) in [6.45, 7) is 3.79. The van der Waals surface area contributed by atoms with Crippen LogP contribution >= 0.6 is 0 Å². The second kappa shape index (κ2) is 7.91. The molecule has 0 saturated carbocycles. The van der Waals surface area contributed by atoms with E-state index < -0.39 is 17.1 Å². The Morgan fingerprint density at radius 1 is 0.818 bits per heavy atom. The van der Waals surface area contributed by atoms with E-state index in [1.54, 1.807) is 48.7 Å². The first-order valence-electron chi connectivity index (χ1n) is 10.5. The van der Waals surface area contributed by atoms with Crippen molar-refractivity contribution in [1.82, 2.24) is 9.13 Å². The maximum absolute atomic E-state index is 13.6. The zero-order valence-corrected chi connectivity index (χ0v) is 18.2. The SMILES string of the molecule is Cc1cccc(-n2c(O)c(/C=C3\C=Nc4ccccc43)c(=O)n(-c3cccc(C)c3)c2=O)c1. The van der Waals surface area contributed by atoms with Crippen LogP contribution in [0.4, 0.5) is 5.69 Å². The third-order valence-electron chi connectivity index (χ3n) is 5.65. The van der Waals surface area contributed by atoms with Gasteiger partial charge in [0.1, 0.15) is 5.56 Å². The summed E-state index contributed by atoms with van der Waals surface area (Å²) in [5.74, 6) is -0.412. The number of rotatable bonds is 3. The third-order valence-corrected chi connectivity index (χ3v) is 5.65. The van der Waals surface area contributed by atoms with Gasteiger partial charge in [-0.15, -0.1) is 0 Å². The maximum atomic E-state index is 13.6. The van der Waals surface area contributed by atoms with Gasteiger partial charge in [0.05, 0.1) is 17.1 Å². The first-order valence-corrected chi connectivity index (χ1v) is 10.5. The molecule has 162 valence electrons. The molecule has 1 aliphatic rings. The molecular weight excluding hydrogens is 414 g/mol. The van der Waals surface area contributed by atoms with Crippen LogP contribution in [0, 0.1) is 13.8 Å². The lowest BCUT2D eigenvalue weighted by Gasteiger charge is -2.15. The van der Waals surface area contributed by atoms with Gasteiger partial charge < -0.3 is 5.11 Å². The molecule has 1 aliphatic heterocycles. The van der Waals surface area contributed by atoms with Crippen LogP contribution in [0.25, 0.3) is 23.0 Å². The normalized spacial score (nSPS) is 13.5. The summed E-state index contributed by atoms with van der Waals surface area (Å²) in [6, 6.07) is 21.9. The van der Waals surface area contributed by atoms with Gasteiger partial charge in [-0.3, -0.25) is 9.79 Å². The number of benzene rings is 3. The van der Waals surface area contributed by atoms with Crippen molar-refractivity contribution in [3.8, 4) is 17.3 Å². The molecule has 0 aliphatic carbocycles. The first kappa shape index (κ1) is 20.5. The highest BCUT2D eigenvalue weighted by molar-refractivity contribution is 6.21. The minimum absolute atomic E-state index is 0.00997. The van der Waals surface area contributed by atoms with Gasteiger partial charge in [-0.05, 0) is 61.4 Å². The van der Waals surface area contributed by atoms with Crippen molar-refractivity contribution in [2.75, 3.05) is 0 Å². The van der Waals surface area contributed by atoms with E-state index >= 15 is 0 Å². The number of hydrogen-bond donors (Lipinski definition) is 1. The van der Waals surface area contributed by atoms with E-state index in [9.17, 15) is 14.7 Å². The lowest BCUT2D eigenvalue weighted by atomic mass is 10.0. The molecule has 0 amide bonds. The summed E-state index contributed by atoms with van der Waals surface area (Å²) in [5, 5.41) is 11.2. The summed E-state index contributed by atoms with van der Waals surface area (Å²) in [7, 11) is 0. The number of allylic oxidation sites excluding steroid dienone is 1. The van der Waals surface area contributed by atoms with Crippen LogP contribution in [0.5, 0.6) is 5.88 Å². The topological polar surface area (TPSA) is 76.6 Å². The number of nitrogens with zero attached hydrogens (tertiary/aromatic N) is 3. The van der Waals surface area contributed by atoms with Gasteiger partial charge in [0.15, 0.2) is 0 Å². The molecule has 0 bridgehead atoms. The van der Waals surface area contributed by atoms with Gasteiger partial charge >= 0.3 is 5.69 Å². The zero-order chi connectivity index (χ0) is 23.1. The van der Waals surface area contributed by atoms with Crippen molar-refractivity contribution in [2.24, 2.45) is 4.99 Å². The molecule has 6 heteroatoms. The highest BCUT2D eigenvalue weighted by Gasteiger charge is 2.21. The second-order valence-corrected chi connectivity index (χ2v) is 8.05. The Morgan fingerprint density at radius 2 is 1.45 bits per heavy atom.